The summed E-state index contributed by atoms with van der Waals surface area (Å²) >= 11 is 12.9. The van der Waals surface area contributed by atoms with Gasteiger partial charge in [-0.15, -0.1) is 0 Å². The quantitative estimate of drug-likeness (QED) is 0.753. The van der Waals surface area contributed by atoms with Crippen molar-refractivity contribution in [2.75, 3.05) is 11.4 Å². The SMILES string of the molecule is O=C1CC(O)C(=O)N1c1ccccc1[C@@H]1CN(C2CC2)Cc2c(Cl)cc(Cl)cc21. The molecule has 2 aromatic carbocycles. The second-order valence-electron chi connectivity index (χ2n) is 8.01. The number of rotatable bonds is 3. The molecule has 2 atom stereocenters. The smallest absolute Gasteiger partial charge is 0.263 e. The normalized spacial score (nSPS) is 24.9. The maximum atomic E-state index is 12.5. The van der Waals surface area contributed by atoms with Crippen LogP contribution in [0.1, 0.15) is 41.9 Å². The minimum Gasteiger partial charge on any atom is -0.383 e. The van der Waals surface area contributed by atoms with Gasteiger partial charge >= 0.3 is 0 Å². The fourth-order valence-electron chi connectivity index (χ4n) is 4.54. The Morgan fingerprint density at radius 1 is 1.03 bits per heavy atom. The van der Waals surface area contributed by atoms with Gasteiger partial charge in [0.25, 0.3) is 5.91 Å². The summed E-state index contributed by atoms with van der Waals surface area (Å²) in [7, 11) is 0. The topological polar surface area (TPSA) is 60.9 Å². The van der Waals surface area contributed by atoms with Gasteiger partial charge in [-0.2, -0.15) is 0 Å². The number of benzene rings is 2. The molecule has 29 heavy (non-hydrogen) atoms. The van der Waals surface area contributed by atoms with Crippen molar-refractivity contribution in [3.8, 4) is 0 Å². The second-order valence-corrected chi connectivity index (χ2v) is 8.86. The first-order valence-electron chi connectivity index (χ1n) is 9.79. The number of carbonyl (C=O) groups is 2. The lowest BCUT2D eigenvalue weighted by molar-refractivity contribution is -0.124. The minimum absolute atomic E-state index is 0.0786. The summed E-state index contributed by atoms with van der Waals surface area (Å²) < 4.78 is 0. The van der Waals surface area contributed by atoms with E-state index in [1.54, 1.807) is 18.2 Å². The molecular weight excluding hydrogens is 411 g/mol. The highest BCUT2D eigenvalue weighted by molar-refractivity contribution is 6.35. The van der Waals surface area contributed by atoms with Crippen LogP contribution in [0.4, 0.5) is 5.69 Å². The van der Waals surface area contributed by atoms with Crippen LogP contribution in [0.3, 0.4) is 0 Å². The van der Waals surface area contributed by atoms with Gasteiger partial charge < -0.3 is 5.11 Å². The van der Waals surface area contributed by atoms with Crippen molar-refractivity contribution in [1.29, 1.82) is 0 Å². The number of hydrogen-bond donors (Lipinski definition) is 1. The van der Waals surface area contributed by atoms with Crippen LogP contribution < -0.4 is 4.90 Å². The predicted octanol–water partition coefficient (Wildman–Crippen LogP) is 3.73. The van der Waals surface area contributed by atoms with E-state index in [0.29, 0.717) is 21.8 Å². The third kappa shape index (κ3) is 3.26. The Labute approximate surface area is 178 Å². The first-order chi connectivity index (χ1) is 13.9. The first kappa shape index (κ1) is 19.1. The summed E-state index contributed by atoms with van der Waals surface area (Å²) in [5.74, 6) is -1.03. The number of amides is 2. The van der Waals surface area contributed by atoms with E-state index < -0.39 is 12.0 Å². The van der Waals surface area contributed by atoms with Crippen LogP contribution in [0.5, 0.6) is 0 Å². The largest absolute Gasteiger partial charge is 0.383 e. The summed E-state index contributed by atoms with van der Waals surface area (Å²) in [5, 5.41) is 11.1. The molecule has 150 valence electrons. The molecule has 2 fully saturated rings. The van der Waals surface area contributed by atoms with Crippen LogP contribution in [-0.4, -0.2) is 40.5 Å². The maximum Gasteiger partial charge on any atom is 0.263 e. The van der Waals surface area contributed by atoms with Gasteiger partial charge in [0.1, 0.15) is 6.10 Å². The Morgan fingerprint density at radius 2 is 1.79 bits per heavy atom. The van der Waals surface area contributed by atoms with Crippen molar-refractivity contribution in [2.24, 2.45) is 0 Å². The third-order valence-corrected chi connectivity index (χ3v) is 6.64. The number of aliphatic hydroxyl groups is 1. The van der Waals surface area contributed by atoms with Crippen LogP contribution in [0.2, 0.25) is 10.0 Å². The Hall–Kier alpha value is -1.92. The zero-order valence-corrected chi connectivity index (χ0v) is 17.2. The molecule has 2 heterocycles. The van der Waals surface area contributed by atoms with E-state index in [4.69, 9.17) is 23.2 Å². The van der Waals surface area contributed by atoms with Gasteiger partial charge in [0.05, 0.1) is 12.1 Å². The molecule has 1 saturated carbocycles. The zero-order chi connectivity index (χ0) is 20.3. The lowest BCUT2D eigenvalue weighted by atomic mass is 9.83. The Kier molecular flexibility index (Phi) is 4.67. The summed E-state index contributed by atoms with van der Waals surface area (Å²) in [6.45, 7) is 1.54. The summed E-state index contributed by atoms with van der Waals surface area (Å²) in [6, 6.07) is 11.7. The number of para-hydroxylation sites is 1. The molecular formula is C22H20Cl2N2O3. The molecule has 0 radical (unpaired) electrons. The van der Waals surface area contributed by atoms with E-state index in [0.717, 1.165) is 34.7 Å². The molecule has 2 amide bonds. The number of aliphatic hydroxyl groups excluding tert-OH is 1. The standard InChI is InChI=1S/C22H20Cl2N2O3/c23-12-7-15-16(10-25(13-5-6-13)11-17(15)18(24)8-12)14-3-1-2-4-19(14)26-21(28)9-20(27)22(26)29/h1-4,7-8,13,16,20,27H,5-6,9-11H2/t16-,20?/m0/s1. The van der Waals surface area contributed by atoms with Crippen molar-refractivity contribution >= 4 is 40.7 Å². The first-order valence-corrected chi connectivity index (χ1v) is 10.5. The molecule has 1 unspecified atom stereocenters. The Balaban J connectivity index is 1.65. The summed E-state index contributed by atoms with van der Waals surface area (Å²) in [6.07, 6.45) is 0.885. The highest BCUT2D eigenvalue weighted by Crippen LogP contribution is 2.44. The number of hydrogen-bond acceptors (Lipinski definition) is 4. The molecule has 7 heteroatoms. The van der Waals surface area contributed by atoms with Gasteiger partial charge in [0, 0.05) is 35.1 Å². The Morgan fingerprint density at radius 3 is 2.48 bits per heavy atom. The van der Waals surface area contributed by atoms with Crippen molar-refractivity contribution in [2.45, 2.75) is 43.9 Å². The monoisotopic (exact) mass is 430 g/mol. The third-order valence-electron chi connectivity index (χ3n) is 6.09. The molecule has 0 spiro atoms. The lowest BCUT2D eigenvalue weighted by Gasteiger charge is -2.37. The average Bonchev–Trinajstić information content (AvgIpc) is 3.49. The molecule has 1 N–H and O–H groups in total. The van der Waals surface area contributed by atoms with E-state index in [-0.39, 0.29) is 18.2 Å². The van der Waals surface area contributed by atoms with Gasteiger partial charge in [0.15, 0.2) is 0 Å². The molecule has 0 bridgehead atoms. The highest BCUT2D eigenvalue weighted by Gasteiger charge is 2.42. The van der Waals surface area contributed by atoms with Crippen LogP contribution in [-0.2, 0) is 16.1 Å². The molecule has 2 aliphatic heterocycles. The van der Waals surface area contributed by atoms with Gasteiger partial charge in [0.2, 0.25) is 5.91 Å². The molecule has 5 rings (SSSR count). The van der Waals surface area contributed by atoms with E-state index >= 15 is 0 Å². The highest BCUT2D eigenvalue weighted by atomic mass is 35.5. The van der Waals surface area contributed by atoms with Crippen molar-refractivity contribution < 1.29 is 14.7 Å². The Bertz CT molecular complexity index is 1020. The lowest BCUT2D eigenvalue weighted by Crippen LogP contribution is -2.37. The fourth-order valence-corrected chi connectivity index (χ4v) is 5.11. The van der Waals surface area contributed by atoms with E-state index in [2.05, 4.69) is 4.90 Å². The van der Waals surface area contributed by atoms with Gasteiger partial charge in [-0.05, 0) is 47.7 Å². The number of nitrogens with zero attached hydrogens (tertiary/aromatic N) is 2. The van der Waals surface area contributed by atoms with Crippen molar-refractivity contribution in [3.05, 3.63) is 63.1 Å². The fraction of sp³-hybridized carbons (Fsp3) is 0.364. The molecule has 3 aliphatic rings. The van der Waals surface area contributed by atoms with Gasteiger partial charge in [-0.1, -0.05) is 41.4 Å². The maximum absolute atomic E-state index is 12.5. The van der Waals surface area contributed by atoms with Crippen LogP contribution >= 0.6 is 23.2 Å². The number of halogens is 2. The number of carbonyl (C=O) groups excluding carboxylic acids is 2. The summed E-state index contributed by atoms with van der Waals surface area (Å²) in [4.78, 5) is 28.5. The van der Waals surface area contributed by atoms with Crippen molar-refractivity contribution in [1.82, 2.24) is 4.90 Å². The predicted molar refractivity (Wildman–Crippen MR) is 111 cm³/mol. The van der Waals surface area contributed by atoms with E-state index in [1.807, 2.05) is 18.2 Å². The van der Waals surface area contributed by atoms with E-state index in [1.165, 1.54) is 12.8 Å². The molecule has 1 saturated heterocycles. The molecule has 5 nitrogen and oxygen atoms in total. The minimum atomic E-state index is -1.28. The summed E-state index contributed by atoms with van der Waals surface area (Å²) in [5.41, 5.74) is 3.48. The molecule has 2 aromatic rings. The number of imide groups is 1. The van der Waals surface area contributed by atoms with Crippen LogP contribution in [0.15, 0.2) is 36.4 Å². The zero-order valence-electron chi connectivity index (χ0n) is 15.6. The molecule has 1 aliphatic carbocycles. The van der Waals surface area contributed by atoms with Crippen LogP contribution in [0, 0.1) is 0 Å². The molecule has 0 aromatic heterocycles. The second kappa shape index (κ2) is 7.10. The van der Waals surface area contributed by atoms with Gasteiger partial charge in [-0.3, -0.25) is 14.5 Å². The van der Waals surface area contributed by atoms with Gasteiger partial charge in [-0.25, -0.2) is 4.90 Å². The average molecular weight is 431 g/mol. The van der Waals surface area contributed by atoms with E-state index in [9.17, 15) is 14.7 Å². The number of anilines is 1. The number of fused-ring (bicyclic) bond motifs is 1. The van der Waals surface area contributed by atoms with Crippen LogP contribution in [0.25, 0.3) is 0 Å². The van der Waals surface area contributed by atoms with Crippen molar-refractivity contribution in [3.63, 3.8) is 0 Å².